The minimum Gasteiger partial charge on any atom is -0.454 e. The molecular weight excluding hydrogens is 228 g/mol. The lowest BCUT2D eigenvalue weighted by Crippen LogP contribution is -1.96. The van der Waals surface area contributed by atoms with Crippen LogP contribution in [0.5, 0.6) is 11.5 Å². The van der Waals surface area contributed by atoms with Crippen LogP contribution in [0.3, 0.4) is 0 Å². The number of hydrogen-bond donors (Lipinski definition) is 0. The lowest BCUT2D eigenvalue weighted by Gasteiger charge is -2.09. The predicted octanol–water partition coefficient (Wildman–Crippen LogP) is 2.95. The van der Waals surface area contributed by atoms with Gasteiger partial charge in [-0.3, -0.25) is 14.8 Å². The molecule has 0 aliphatic rings. The average molecular weight is 242 g/mol. The van der Waals surface area contributed by atoms with Crippen molar-refractivity contribution in [2.45, 2.75) is 20.3 Å². The molecule has 0 radical (unpaired) electrons. The number of ether oxygens (including phenoxy) is 1. The summed E-state index contributed by atoms with van der Waals surface area (Å²) in [5.74, 6) is 1.24. The molecule has 0 aromatic carbocycles. The molecule has 2 aromatic heterocycles. The van der Waals surface area contributed by atoms with Crippen LogP contribution in [0, 0.1) is 6.92 Å². The lowest BCUT2D eigenvalue weighted by molar-refractivity contribution is 0.112. The summed E-state index contributed by atoms with van der Waals surface area (Å²) in [7, 11) is 0. The fourth-order valence-electron chi connectivity index (χ4n) is 1.63. The van der Waals surface area contributed by atoms with Crippen LogP contribution in [0.2, 0.25) is 0 Å². The molecule has 0 atom stereocenters. The topological polar surface area (TPSA) is 52.1 Å². The summed E-state index contributed by atoms with van der Waals surface area (Å²) in [5.41, 5.74) is 2.34. The molecule has 2 rings (SSSR count). The van der Waals surface area contributed by atoms with Gasteiger partial charge in [-0.1, -0.05) is 6.92 Å². The summed E-state index contributed by atoms with van der Waals surface area (Å²) >= 11 is 0. The van der Waals surface area contributed by atoms with E-state index in [0.717, 1.165) is 24.1 Å². The van der Waals surface area contributed by atoms with Gasteiger partial charge in [0.15, 0.2) is 6.29 Å². The number of rotatable bonds is 4. The van der Waals surface area contributed by atoms with Crippen molar-refractivity contribution in [1.82, 2.24) is 9.97 Å². The van der Waals surface area contributed by atoms with E-state index in [2.05, 4.69) is 9.97 Å². The van der Waals surface area contributed by atoms with Crippen molar-refractivity contribution in [3.05, 3.63) is 47.5 Å². The first-order valence-electron chi connectivity index (χ1n) is 5.77. The first-order valence-corrected chi connectivity index (χ1v) is 5.77. The van der Waals surface area contributed by atoms with Crippen LogP contribution in [-0.2, 0) is 6.42 Å². The fraction of sp³-hybridized carbons (Fsp3) is 0.214. The van der Waals surface area contributed by atoms with Gasteiger partial charge in [-0.25, -0.2) is 0 Å². The van der Waals surface area contributed by atoms with Crippen LogP contribution in [0.25, 0.3) is 0 Å². The van der Waals surface area contributed by atoms with Crippen molar-refractivity contribution >= 4 is 6.29 Å². The number of aromatic nitrogens is 2. The highest BCUT2D eigenvalue weighted by Crippen LogP contribution is 2.24. The van der Waals surface area contributed by atoms with Crippen LogP contribution >= 0.6 is 0 Å². The molecule has 4 nitrogen and oxygen atoms in total. The summed E-state index contributed by atoms with van der Waals surface area (Å²) in [4.78, 5) is 19.0. The maximum atomic E-state index is 10.7. The summed E-state index contributed by atoms with van der Waals surface area (Å²) in [5, 5.41) is 0. The standard InChI is InChI=1S/C14H14N2O2/c1-3-13-14(5-4-10(2)16-13)18-12-6-11(9-17)7-15-8-12/h4-9H,3H2,1-2H3. The molecule has 0 spiro atoms. The van der Waals surface area contributed by atoms with Crippen LogP contribution in [-0.4, -0.2) is 16.3 Å². The first kappa shape index (κ1) is 12.2. The third-order valence-electron chi connectivity index (χ3n) is 2.50. The molecule has 0 saturated carbocycles. The molecule has 92 valence electrons. The van der Waals surface area contributed by atoms with Crippen LogP contribution in [0.1, 0.15) is 28.7 Å². The van der Waals surface area contributed by atoms with Crippen LogP contribution in [0.15, 0.2) is 30.6 Å². The Bertz CT molecular complexity index is 567. The highest BCUT2D eigenvalue weighted by atomic mass is 16.5. The number of hydrogen-bond acceptors (Lipinski definition) is 4. The van der Waals surface area contributed by atoms with Gasteiger partial charge in [-0.2, -0.15) is 0 Å². The van der Waals surface area contributed by atoms with Crippen LogP contribution < -0.4 is 4.74 Å². The van der Waals surface area contributed by atoms with E-state index in [0.29, 0.717) is 17.1 Å². The average Bonchev–Trinajstić information content (AvgIpc) is 2.41. The summed E-state index contributed by atoms with van der Waals surface area (Å²) in [6, 6.07) is 5.43. The molecule has 4 heteroatoms. The van der Waals surface area contributed by atoms with Crippen molar-refractivity contribution in [2.24, 2.45) is 0 Å². The van der Waals surface area contributed by atoms with Crippen molar-refractivity contribution < 1.29 is 9.53 Å². The smallest absolute Gasteiger partial charge is 0.151 e. The Hall–Kier alpha value is -2.23. The van der Waals surface area contributed by atoms with Gasteiger partial charge in [0.2, 0.25) is 0 Å². The molecule has 0 amide bonds. The van der Waals surface area contributed by atoms with E-state index >= 15 is 0 Å². The highest BCUT2D eigenvalue weighted by molar-refractivity contribution is 5.74. The molecule has 0 N–H and O–H groups in total. The van der Waals surface area contributed by atoms with Gasteiger partial charge >= 0.3 is 0 Å². The number of aldehydes is 1. The normalized spacial score (nSPS) is 10.1. The van der Waals surface area contributed by atoms with E-state index in [1.54, 1.807) is 12.3 Å². The Kier molecular flexibility index (Phi) is 3.67. The molecule has 0 bridgehead atoms. The quantitative estimate of drug-likeness (QED) is 0.773. The monoisotopic (exact) mass is 242 g/mol. The van der Waals surface area contributed by atoms with E-state index < -0.39 is 0 Å². The second-order valence-corrected chi connectivity index (χ2v) is 3.92. The predicted molar refractivity (Wildman–Crippen MR) is 68.1 cm³/mol. The number of pyridine rings is 2. The Morgan fingerprint density at radius 1 is 1.33 bits per heavy atom. The molecule has 0 aliphatic carbocycles. The Labute approximate surface area is 106 Å². The van der Waals surface area contributed by atoms with Crippen LogP contribution in [0.4, 0.5) is 0 Å². The number of carbonyl (C=O) groups excluding carboxylic acids is 1. The zero-order valence-corrected chi connectivity index (χ0v) is 10.4. The Morgan fingerprint density at radius 2 is 2.17 bits per heavy atom. The van der Waals surface area contributed by atoms with Gasteiger partial charge in [0.25, 0.3) is 0 Å². The number of aryl methyl sites for hydroxylation is 2. The van der Waals surface area contributed by atoms with Gasteiger partial charge in [0.1, 0.15) is 11.5 Å². The van der Waals surface area contributed by atoms with E-state index in [1.807, 2.05) is 26.0 Å². The molecule has 0 fully saturated rings. The molecule has 18 heavy (non-hydrogen) atoms. The van der Waals surface area contributed by atoms with E-state index in [4.69, 9.17) is 4.74 Å². The summed E-state index contributed by atoms with van der Waals surface area (Å²) < 4.78 is 5.71. The van der Waals surface area contributed by atoms with Gasteiger partial charge in [-0.15, -0.1) is 0 Å². The Balaban J connectivity index is 2.30. The molecule has 2 aromatic rings. The minimum atomic E-state index is 0.491. The largest absolute Gasteiger partial charge is 0.454 e. The van der Waals surface area contributed by atoms with Crippen molar-refractivity contribution in [1.29, 1.82) is 0 Å². The van der Waals surface area contributed by atoms with Gasteiger partial charge in [0.05, 0.1) is 11.9 Å². The lowest BCUT2D eigenvalue weighted by atomic mass is 10.2. The van der Waals surface area contributed by atoms with Gasteiger partial charge < -0.3 is 4.74 Å². The van der Waals surface area contributed by atoms with Gasteiger partial charge in [-0.05, 0) is 31.5 Å². The SMILES string of the molecule is CCc1nc(C)ccc1Oc1cncc(C=O)c1. The van der Waals surface area contributed by atoms with E-state index in [-0.39, 0.29) is 0 Å². The molecular formula is C14H14N2O2. The first-order chi connectivity index (χ1) is 8.72. The fourth-order valence-corrected chi connectivity index (χ4v) is 1.63. The molecule has 0 aliphatic heterocycles. The zero-order chi connectivity index (χ0) is 13.0. The van der Waals surface area contributed by atoms with Crippen molar-refractivity contribution in [2.75, 3.05) is 0 Å². The zero-order valence-electron chi connectivity index (χ0n) is 10.4. The minimum absolute atomic E-state index is 0.491. The number of nitrogens with zero attached hydrogens (tertiary/aromatic N) is 2. The van der Waals surface area contributed by atoms with Gasteiger partial charge in [0, 0.05) is 17.5 Å². The summed E-state index contributed by atoms with van der Waals surface area (Å²) in [6.07, 6.45) is 4.60. The van der Waals surface area contributed by atoms with Crippen molar-refractivity contribution in [3.8, 4) is 11.5 Å². The number of carbonyl (C=O) groups is 1. The second-order valence-electron chi connectivity index (χ2n) is 3.92. The maximum absolute atomic E-state index is 10.7. The summed E-state index contributed by atoms with van der Waals surface area (Å²) in [6.45, 7) is 3.96. The van der Waals surface area contributed by atoms with E-state index in [1.165, 1.54) is 6.20 Å². The second kappa shape index (κ2) is 5.40. The molecule has 0 saturated heterocycles. The van der Waals surface area contributed by atoms with E-state index in [9.17, 15) is 4.79 Å². The maximum Gasteiger partial charge on any atom is 0.151 e. The van der Waals surface area contributed by atoms with Crippen molar-refractivity contribution in [3.63, 3.8) is 0 Å². The highest BCUT2D eigenvalue weighted by Gasteiger charge is 2.06. The Morgan fingerprint density at radius 3 is 2.89 bits per heavy atom. The molecule has 0 unspecified atom stereocenters. The molecule has 2 heterocycles. The third-order valence-corrected chi connectivity index (χ3v) is 2.50. The third kappa shape index (κ3) is 2.71.